The summed E-state index contributed by atoms with van der Waals surface area (Å²) in [4.78, 5) is 17.3. The molecule has 8 nitrogen and oxygen atoms in total. The zero-order valence-corrected chi connectivity index (χ0v) is 22.7. The monoisotopic (exact) mass is 522 g/mol. The van der Waals surface area contributed by atoms with E-state index >= 15 is 0 Å². The Balaban J connectivity index is 1.34. The predicted octanol–water partition coefficient (Wildman–Crippen LogP) is 5.93. The van der Waals surface area contributed by atoms with E-state index in [1.165, 1.54) is 0 Å². The summed E-state index contributed by atoms with van der Waals surface area (Å²) < 4.78 is 7.93. The molecule has 5 rings (SSSR count). The summed E-state index contributed by atoms with van der Waals surface area (Å²) in [5, 5.41) is 10.9. The molecule has 0 saturated heterocycles. The molecule has 2 aromatic heterocycles. The quantitative estimate of drug-likeness (QED) is 0.372. The molecule has 4 N–H and O–H groups in total. The van der Waals surface area contributed by atoms with Crippen molar-refractivity contribution in [3.8, 4) is 5.69 Å². The second kappa shape index (κ2) is 10.6. The van der Waals surface area contributed by atoms with Crippen LogP contribution in [0.4, 0.5) is 16.4 Å². The number of nitrogens with zero attached hydrogens (tertiary/aromatic N) is 3. The lowest BCUT2D eigenvalue weighted by molar-refractivity contribution is 0.164. The molecular weight excluding hydrogens is 488 g/mol. The van der Waals surface area contributed by atoms with Gasteiger partial charge in [-0.15, -0.1) is 0 Å². The van der Waals surface area contributed by atoms with Gasteiger partial charge < -0.3 is 15.8 Å². The molecule has 0 radical (unpaired) electrons. The van der Waals surface area contributed by atoms with Gasteiger partial charge in [0.1, 0.15) is 24.0 Å². The van der Waals surface area contributed by atoms with E-state index in [0.29, 0.717) is 18.2 Å². The van der Waals surface area contributed by atoms with Gasteiger partial charge in [0.25, 0.3) is 0 Å². The number of benzene rings is 1. The average Bonchev–Trinajstić information content (AvgIpc) is 3.33. The maximum atomic E-state index is 13.3. The smallest absolute Gasteiger partial charge is 0.324 e. The van der Waals surface area contributed by atoms with E-state index in [9.17, 15) is 4.79 Å². The first-order valence-corrected chi connectivity index (χ1v) is 13.0. The van der Waals surface area contributed by atoms with Gasteiger partial charge in [-0.1, -0.05) is 62.8 Å². The molecule has 2 atom stereocenters. The first kappa shape index (κ1) is 26.0. The summed E-state index contributed by atoms with van der Waals surface area (Å²) in [5.41, 5.74) is 10.3. The third-order valence-electron chi connectivity index (χ3n) is 6.76. The normalized spacial score (nSPS) is 18.2. The number of hydrogen-bond donors (Lipinski definition) is 3. The number of fused-ring (bicyclic) bond motifs is 1. The van der Waals surface area contributed by atoms with E-state index in [2.05, 4.69) is 48.5 Å². The summed E-state index contributed by atoms with van der Waals surface area (Å²) in [6, 6.07) is 13.3. The van der Waals surface area contributed by atoms with Crippen LogP contribution in [0.1, 0.15) is 37.6 Å². The van der Waals surface area contributed by atoms with Crippen molar-refractivity contribution in [1.29, 1.82) is 0 Å². The summed E-state index contributed by atoms with van der Waals surface area (Å²) in [6.45, 7) is 8.73. The van der Waals surface area contributed by atoms with E-state index in [-0.39, 0.29) is 23.3 Å². The van der Waals surface area contributed by atoms with Crippen molar-refractivity contribution in [2.75, 3.05) is 11.1 Å². The van der Waals surface area contributed by atoms with Crippen molar-refractivity contribution < 1.29 is 9.53 Å². The molecule has 0 saturated carbocycles. The minimum atomic E-state index is -0.332. The Morgan fingerprint density at radius 1 is 1.03 bits per heavy atom. The van der Waals surface area contributed by atoms with E-state index < -0.39 is 0 Å². The SMILES string of the molecule is Cc1ccc(-n2nc(C(C)(C)C)cc2NC(=O)NC2=CC=C(OCc3ccnc(N)c3)C3C=CC=CC23)cc1. The average molecular weight is 523 g/mol. The van der Waals surface area contributed by atoms with Crippen LogP contribution in [0.25, 0.3) is 5.69 Å². The lowest BCUT2D eigenvalue weighted by Gasteiger charge is -2.31. The number of urea groups is 1. The molecule has 1 aromatic carbocycles. The topological polar surface area (TPSA) is 107 Å². The third-order valence-corrected chi connectivity index (χ3v) is 6.76. The molecule has 2 amide bonds. The maximum absolute atomic E-state index is 13.3. The Labute approximate surface area is 229 Å². The van der Waals surface area contributed by atoms with Crippen LogP contribution in [0.2, 0.25) is 0 Å². The standard InChI is InChI=1S/C31H34N6O2/c1-20-9-11-22(12-10-20)37-29(18-27(36-37)31(2,3)4)35-30(38)34-25-13-14-26(24-8-6-5-7-23(24)25)39-19-21-15-16-33-28(32)17-21/h5-18,23-24H,19H2,1-4H3,(H2,32,33)(H2,34,35,38). The van der Waals surface area contributed by atoms with E-state index in [1.54, 1.807) is 16.9 Å². The van der Waals surface area contributed by atoms with Gasteiger partial charge in [-0.3, -0.25) is 5.32 Å². The molecule has 3 aromatic rings. The zero-order chi connectivity index (χ0) is 27.6. The Hall–Kier alpha value is -4.59. The highest BCUT2D eigenvalue weighted by Gasteiger charge is 2.31. The highest BCUT2D eigenvalue weighted by Crippen LogP contribution is 2.36. The van der Waals surface area contributed by atoms with Crippen molar-refractivity contribution in [3.63, 3.8) is 0 Å². The van der Waals surface area contributed by atoms with Crippen molar-refractivity contribution in [2.24, 2.45) is 11.8 Å². The third kappa shape index (κ3) is 5.95. The fourth-order valence-corrected chi connectivity index (χ4v) is 4.59. The van der Waals surface area contributed by atoms with Gasteiger partial charge in [0.15, 0.2) is 0 Å². The number of aryl methyl sites for hydroxylation is 1. The number of rotatable bonds is 6. The molecule has 0 bridgehead atoms. The van der Waals surface area contributed by atoms with E-state index in [1.807, 2.05) is 67.6 Å². The van der Waals surface area contributed by atoms with Gasteiger partial charge in [-0.2, -0.15) is 5.10 Å². The van der Waals surface area contributed by atoms with Crippen molar-refractivity contribution in [1.82, 2.24) is 20.1 Å². The first-order valence-electron chi connectivity index (χ1n) is 13.0. The van der Waals surface area contributed by atoms with E-state index in [0.717, 1.165) is 34.0 Å². The van der Waals surface area contributed by atoms with Gasteiger partial charge in [0.05, 0.1) is 11.4 Å². The summed E-state index contributed by atoms with van der Waals surface area (Å²) in [6.07, 6.45) is 13.6. The molecule has 0 aliphatic heterocycles. The highest BCUT2D eigenvalue weighted by molar-refractivity contribution is 5.90. The fourth-order valence-electron chi connectivity index (χ4n) is 4.59. The van der Waals surface area contributed by atoms with Crippen LogP contribution in [0.15, 0.2) is 96.6 Å². The number of ether oxygens (including phenoxy) is 1. The number of aromatic nitrogens is 3. The number of nitrogens with two attached hydrogens (primary N) is 1. The van der Waals surface area contributed by atoms with Crippen LogP contribution >= 0.6 is 0 Å². The Kier molecular flexibility index (Phi) is 7.11. The number of allylic oxidation sites excluding steroid dienone is 6. The lowest BCUT2D eigenvalue weighted by atomic mass is 9.81. The first-order chi connectivity index (χ1) is 18.7. The number of pyridine rings is 1. The Morgan fingerprint density at radius 3 is 2.49 bits per heavy atom. The van der Waals surface area contributed by atoms with Crippen LogP contribution in [0, 0.1) is 18.8 Å². The van der Waals surface area contributed by atoms with Crippen molar-refractivity contribution in [2.45, 2.75) is 39.7 Å². The number of amides is 2. The Morgan fingerprint density at radius 2 is 1.77 bits per heavy atom. The zero-order valence-electron chi connectivity index (χ0n) is 22.7. The molecule has 2 aliphatic rings. The highest BCUT2D eigenvalue weighted by atomic mass is 16.5. The largest absolute Gasteiger partial charge is 0.493 e. The molecule has 2 aliphatic carbocycles. The number of carbonyl (C=O) groups is 1. The Bertz CT molecular complexity index is 1490. The van der Waals surface area contributed by atoms with Crippen LogP contribution in [-0.2, 0) is 16.8 Å². The van der Waals surface area contributed by atoms with Crippen LogP contribution < -0.4 is 16.4 Å². The predicted molar refractivity (Wildman–Crippen MR) is 154 cm³/mol. The van der Waals surface area contributed by atoms with Crippen molar-refractivity contribution >= 4 is 17.7 Å². The molecule has 2 heterocycles. The minimum absolute atomic E-state index is 0.0277. The maximum Gasteiger partial charge on any atom is 0.324 e. The number of nitrogens with one attached hydrogen (secondary N) is 2. The number of carbonyl (C=O) groups excluding carboxylic acids is 1. The van der Waals surface area contributed by atoms with Crippen molar-refractivity contribution in [3.05, 3.63) is 113 Å². The summed E-state index contributed by atoms with van der Waals surface area (Å²) >= 11 is 0. The van der Waals surface area contributed by atoms with Gasteiger partial charge in [0.2, 0.25) is 0 Å². The summed E-state index contributed by atoms with van der Waals surface area (Å²) in [5.74, 6) is 1.80. The lowest BCUT2D eigenvalue weighted by Crippen LogP contribution is -2.35. The van der Waals surface area contributed by atoms with Crippen LogP contribution in [0.3, 0.4) is 0 Å². The van der Waals surface area contributed by atoms with Gasteiger partial charge in [-0.05, 0) is 48.9 Å². The number of nitrogen functional groups attached to an aromatic ring is 1. The molecule has 39 heavy (non-hydrogen) atoms. The fraction of sp³-hybridized carbons (Fsp3) is 0.258. The summed E-state index contributed by atoms with van der Waals surface area (Å²) in [7, 11) is 0. The molecule has 8 heteroatoms. The van der Waals surface area contributed by atoms with Crippen LogP contribution in [-0.4, -0.2) is 20.8 Å². The number of anilines is 2. The van der Waals surface area contributed by atoms with Crippen LogP contribution in [0.5, 0.6) is 0 Å². The van der Waals surface area contributed by atoms with E-state index in [4.69, 9.17) is 15.6 Å². The molecule has 0 spiro atoms. The van der Waals surface area contributed by atoms with Gasteiger partial charge in [-0.25, -0.2) is 14.5 Å². The molecule has 0 fully saturated rings. The molecular formula is C31H34N6O2. The second-order valence-corrected chi connectivity index (χ2v) is 10.9. The number of hydrogen-bond acceptors (Lipinski definition) is 5. The second-order valence-electron chi connectivity index (χ2n) is 10.9. The molecule has 200 valence electrons. The van der Waals surface area contributed by atoms with Gasteiger partial charge >= 0.3 is 6.03 Å². The molecule has 2 unspecified atom stereocenters. The minimum Gasteiger partial charge on any atom is -0.493 e. The van der Waals surface area contributed by atoms with Gasteiger partial charge in [0, 0.05) is 35.2 Å².